The Labute approximate surface area is 562 Å². The second kappa shape index (κ2) is 19.6. The Balaban J connectivity index is 1.08. The van der Waals surface area contributed by atoms with Crippen LogP contribution in [0.25, 0.3) is 187 Å². The average molecular weight is 1230 g/mol. The van der Waals surface area contributed by atoms with Crippen molar-refractivity contribution in [1.82, 2.24) is 8.80 Å². The van der Waals surface area contributed by atoms with Gasteiger partial charge in [-0.25, -0.2) is 0 Å². The van der Waals surface area contributed by atoms with Crippen molar-refractivity contribution >= 4 is 76.2 Å². The topological polar surface area (TPSA) is 8.82 Å². The quantitative estimate of drug-likeness (QED) is 0.163. The Morgan fingerprint density at radius 1 is 0.198 bits per heavy atom. The largest absolute Gasteiger partial charge is 0.307 e. The molecule has 2 nitrogen and oxygen atoms in total. The lowest BCUT2D eigenvalue weighted by Gasteiger charge is -2.25. The van der Waals surface area contributed by atoms with Crippen LogP contribution in [0.4, 0.5) is 0 Å². The van der Waals surface area contributed by atoms with Gasteiger partial charge in [0.25, 0.3) is 0 Å². The highest BCUT2D eigenvalue weighted by molar-refractivity contribution is 6.38. The molecule has 0 fully saturated rings. The molecule has 4 heterocycles. The molecule has 13 aromatic carbocycles. The standard InChI is InChI=1S/C94H76N2/c1-91(2,3)55-39-43-81-75(47-55)77-49-57(93(7,8)9)51-79-85-84(54-38-42-72-68-34-20-18-30-64(68)60-26-14-16-28-62(60)66-32-22-24-36-70(66)74(72)46-54)90-86(80-52-58(94(10,11)12)50-78-76-48-56(92(4,5)6)40-44-82(76)96(90)88(78)80)83(89(85)95(81)87(77)79)53-37-41-71-67-33-19-17-29-63(67)59-25-13-15-27-61(59)65-31-21-23-35-69(65)73(71)45-53/h13-52H,1-12H3. The first-order chi connectivity index (χ1) is 46.2. The predicted molar refractivity (Wildman–Crippen MR) is 412 cm³/mol. The fraction of sp³-hybridized carbons (Fsp3) is 0.170. The van der Waals surface area contributed by atoms with E-state index in [-0.39, 0.29) is 21.7 Å². The fourth-order valence-electron chi connectivity index (χ4n) is 17.2. The van der Waals surface area contributed by atoms with Crippen LogP contribution in [0.1, 0.15) is 105 Å². The number of nitrogens with zero attached hydrogens (tertiary/aromatic N) is 2. The Bertz CT molecular complexity index is 5830. The smallest absolute Gasteiger partial charge is 0.0634 e. The third-order valence-electron chi connectivity index (χ3n) is 22.1. The zero-order valence-electron chi connectivity index (χ0n) is 57.0. The van der Waals surface area contributed by atoms with E-state index in [2.05, 4.69) is 335 Å². The molecule has 2 aliphatic rings. The Kier molecular flexibility index (Phi) is 11.6. The second-order valence-electron chi connectivity index (χ2n) is 32.0. The van der Waals surface area contributed by atoms with Gasteiger partial charge in [0, 0.05) is 54.2 Å². The van der Waals surface area contributed by atoms with E-state index in [1.54, 1.807) is 0 Å². The van der Waals surface area contributed by atoms with Gasteiger partial charge in [0.15, 0.2) is 0 Å². The number of hydrogen-bond acceptors (Lipinski definition) is 0. The summed E-state index contributed by atoms with van der Waals surface area (Å²) in [5.74, 6) is 0. The highest BCUT2D eigenvalue weighted by Gasteiger charge is 2.35. The first kappa shape index (κ1) is 57.0. The molecule has 0 unspecified atom stereocenters. The molecule has 17 aromatic rings. The van der Waals surface area contributed by atoms with Crippen LogP contribution in [0, 0.1) is 0 Å². The number of hydrogen-bond donors (Lipinski definition) is 0. The minimum Gasteiger partial charge on any atom is -0.307 e. The van der Waals surface area contributed by atoms with Crippen molar-refractivity contribution in [3.05, 3.63) is 265 Å². The van der Waals surface area contributed by atoms with Crippen molar-refractivity contribution in [1.29, 1.82) is 0 Å². The molecule has 0 bridgehead atoms. The van der Waals surface area contributed by atoms with E-state index in [4.69, 9.17) is 0 Å². The van der Waals surface area contributed by atoms with E-state index in [0.717, 1.165) is 0 Å². The summed E-state index contributed by atoms with van der Waals surface area (Å²) in [6.07, 6.45) is 0. The molecule has 4 aromatic heterocycles. The van der Waals surface area contributed by atoms with Crippen molar-refractivity contribution < 1.29 is 0 Å². The Morgan fingerprint density at radius 2 is 0.438 bits per heavy atom. The Hall–Kier alpha value is -10.5. The molecule has 0 radical (unpaired) electrons. The van der Waals surface area contributed by atoms with E-state index in [1.807, 2.05) is 0 Å². The van der Waals surface area contributed by atoms with Crippen LogP contribution in [-0.2, 0) is 21.7 Å². The molecule has 0 spiro atoms. The lowest BCUT2D eigenvalue weighted by atomic mass is 9.79. The van der Waals surface area contributed by atoms with Crippen LogP contribution in [0.5, 0.6) is 0 Å². The first-order valence-corrected chi connectivity index (χ1v) is 34.6. The summed E-state index contributed by atoms with van der Waals surface area (Å²) in [7, 11) is 0. The van der Waals surface area contributed by atoms with Gasteiger partial charge in [-0.05, 0) is 205 Å². The van der Waals surface area contributed by atoms with Gasteiger partial charge in [-0.1, -0.05) is 265 Å². The van der Waals surface area contributed by atoms with Crippen LogP contribution in [0.15, 0.2) is 243 Å². The average Bonchev–Trinajstić information content (AvgIpc) is 1.49. The number of benzene rings is 13. The summed E-state index contributed by atoms with van der Waals surface area (Å²) in [4.78, 5) is 0. The maximum Gasteiger partial charge on any atom is 0.0634 e. The number of fused-ring (bicyclic) bond motifs is 28. The van der Waals surface area contributed by atoms with Crippen LogP contribution in [0.2, 0.25) is 0 Å². The van der Waals surface area contributed by atoms with Gasteiger partial charge in [0.2, 0.25) is 0 Å². The summed E-state index contributed by atoms with van der Waals surface area (Å²) in [6, 6.07) is 94.9. The van der Waals surface area contributed by atoms with Crippen molar-refractivity contribution in [3.8, 4) is 111 Å². The monoisotopic (exact) mass is 1230 g/mol. The minimum absolute atomic E-state index is 0.0662. The first-order valence-electron chi connectivity index (χ1n) is 34.6. The summed E-state index contributed by atoms with van der Waals surface area (Å²) < 4.78 is 5.48. The molecule has 0 saturated carbocycles. The molecule has 0 amide bonds. The molecule has 0 atom stereocenters. The molecule has 0 saturated heterocycles. The van der Waals surface area contributed by atoms with Crippen LogP contribution in [0.3, 0.4) is 0 Å². The molecular weight excluding hydrogens is 1160 g/mol. The predicted octanol–water partition coefficient (Wildman–Crippen LogP) is 26.5. The van der Waals surface area contributed by atoms with Crippen molar-refractivity contribution in [3.63, 3.8) is 0 Å². The van der Waals surface area contributed by atoms with Crippen molar-refractivity contribution in [2.24, 2.45) is 0 Å². The number of aromatic nitrogens is 2. The van der Waals surface area contributed by atoms with E-state index < -0.39 is 0 Å². The van der Waals surface area contributed by atoms with Crippen LogP contribution < -0.4 is 0 Å². The van der Waals surface area contributed by atoms with Gasteiger partial charge in [-0.2, -0.15) is 0 Å². The van der Waals surface area contributed by atoms with E-state index in [0.29, 0.717) is 0 Å². The van der Waals surface area contributed by atoms with Crippen LogP contribution >= 0.6 is 0 Å². The van der Waals surface area contributed by atoms with Gasteiger partial charge in [-0.3, -0.25) is 0 Å². The molecule has 96 heavy (non-hydrogen) atoms. The molecular formula is C94H76N2. The highest BCUT2D eigenvalue weighted by atomic mass is 14.9. The SMILES string of the molecule is CC(C)(C)c1ccc2c(c1)c1cc(C(C)(C)C)cc3c4c(-c5ccc6c(c5)-c5ccccc5-c5ccccc5-c5ccccc5-6)c5c(c(-c6ccc7c(c6)-c6ccccc6-c6ccccc6-c6ccccc6-7)c4n2c13)c1cc(C(C)(C)C)cc2c3cc(C(C)(C)C)ccc3n5c21. The van der Waals surface area contributed by atoms with Crippen molar-refractivity contribution in [2.45, 2.75) is 105 Å². The van der Waals surface area contributed by atoms with Gasteiger partial charge in [0.1, 0.15) is 0 Å². The second-order valence-corrected chi connectivity index (χ2v) is 32.0. The van der Waals surface area contributed by atoms with Gasteiger partial charge in [-0.15, -0.1) is 0 Å². The molecule has 2 aliphatic carbocycles. The van der Waals surface area contributed by atoms with Gasteiger partial charge < -0.3 is 8.80 Å². The number of rotatable bonds is 2. The normalized spacial score (nSPS) is 13.2. The summed E-state index contributed by atoms with van der Waals surface area (Å²) in [6.45, 7) is 28.6. The lowest BCUT2D eigenvalue weighted by molar-refractivity contribution is 0.590. The van der Waals surface area contributed by atoms with Gasteiger partial charge in [0.05, 0.1) is 33.1 Å². The highest BCUT2D eigenvalue weighted by Crippen LogP contribution is 2.59. The van der Waals surface area contributed by atoms with E-state index >= 15 is 0 Å². The van der Waals surface area contributed by atoms with Crippen LogP contribution in [-0.4, -0.2) is 8.80 Å². The zero-order valence-corrected chi connectivity index (χ0v) is 57.0. The molecule has 19 rings (SSSR count). The molecule has 2 heteroatoms. The zero-order chi connectivity index (χ0) is 65.4. The molecule has 0 N–H and O–H groups in total. The maximum atomic E-state index is 2.74. The van der Waals surface area contributed by atoms with Gasteiger partial charge >= 0.3 is 0 Å². The fourth-order valence-corrected chi connectivity index (χ4v) is 17.2. The maximum absolute atomic E-state index is 2.74. The van der Waals surface area contributed by atoms with E-state index in [1.165, 1.54) is 210 Å². The lowest BCUT2D eigenvalue weighted by Crippen LogP contribution is -2.11. The summed E-state index contributed by atoms with van der Waals surface area (Å²) >= 11 is 0. The van der Waals surface area contributed by atoms with Crippen molar-refractivity contribution in [2.75, 3.05) is 0 Å². The van der Waals surface area contributed by atoms with E-state index in [9.17, 15) is 0 Å². The Morgan fingerprint density at radius 3 is 0.708 bits per heavy atom. The summed E-state index contributed by atoms with van der Waals surface area (Å²) in [5, 5.41) is 10.3. The molecule has 462 valence electrons. The molecule has 0 aliphatic heterocycles. The minimum atomic E-state index is -0.176. The third kappa shape index (κ3) is 7.93. The third-order valence-corrected chi connectivity index (χ3v) is 22.1. The summed E-state index contributed by atoms with van der Waals surface area (Å²) in [5.41, 5.74) is 37.1.